The van der Waals surface area contributed by atoms with E-state index in [1.165, 1.54) is 4.80 Å². The van der Waals surface area contributed by atoms with Crippen LogP contribution in [-0.2, 0) is 27.2 Å². The maximum Gasteiger partial charge on any atom is 0.188 e. The smallest absolute Gasteiger partial charge is 0.188 e. The van der Waals surface area contributed by atoms with Gasteiger partial charge in [-0.05, 0) is 11.3 Å². The standard InChI is InChI=1S/C8H13N7/c1-14-7(3-4-10-14)5-9-6-8-11-13-15(2)12-8/h3-4,9H,5-6H2,1-2H3. The van der Waals surface area contributed by atoms with Gasteiger partial charge in [0.2, 0.25) is 0 Å². The van der Waals surface area contributed by atoms with E-state index in [1.807, 2.05) is 17.8 Å². The average molecular weight is 207 g/mol. The van der Waals surface area contributed by atoms with Gasteiger partial charge in [-0.2, -0.15) is 9.90 Å². The number of nitrogens with zero attached hydrogens (tertiary/aromatic N) is 6. The van der Waals surface area contributed by atoms with E-state index in [4.69, 9.17) is 0 Å². The minimum Gasteiger partial charge on any atom is -0.304 e. The summed E-state index contributed by atoms with van der Waals surface area (Å²) in [5.41, 5.74) is 1.12. The first kappa shape index (κ1) is 9.78. The van der Waals surface area contributed by atoms with Crippen LogP contribution in [0.3, 0.4) is 0 Å². The number of hydrogen-bond acceptors (Lipinski definition) is 5. The van der Waals surface area contributed by atoms with E-state index in [0.29, 0.717) is 12.4 Å². The molecule has 7 nitrogen and oxygen atoms in total. The van der Waals surface area contributed by atoms with Crippen molar-refractivity contribution in [1.29, 1.82) is 0 Å². The molecule has 0 aliphatic carbocycles. The lowest BCUT2D eigenvalue weighted by Gasteiger charge is -2.01. The summed E-state index contributed by atoms with van der Waals surface area (Å²) in [4.78, 5) is 1.45. The van der Waals surface area contributed by atoms with E-state index in [9.17, 15) is 0 Å². The summed E-state index contributed by atoms with van der Waals surface area (Å²) in [7, 11) is 3.66. The first-order chi connectivity index (χ1) is 7.25. The van der Waals surface area contributed by atoms with Crippen LogP contribution in [-0.4, -0.2) is 30.0 Å². The van der Waals surface area contributed by atoms with Gasteiger partial charge in [-0.25, -0.2) is 0 Å². The van der Waals surface area contributed by atoms with Crippen molar-refractivity contribution in [3.8, 4) is 0 Å². The second kappa shape index (κ2) is 4.18. The monoisotopic (exact) mass is 207 g/mol. The highest BCUT2D eigenvalue weighted by molar-refractivity contribution is 4.99. The molecule has 0 spiro atoms. The quantitative estimate of drug-likeness (QED) is 0.713. The van der Waals surface area contributed by atoms with Crippen LogP contribution in [0.2, 0.25) is 0 Å². The first-order valence-electron chi connectivity index (χ1n) is 4.66. The molecular formula is C8H13N7. The SMILES string of the molecule is Cn1nnc(CNCc2ccnn2C)n1. The molecule has 0 aliphatic heterocycles. The van der Waals surface area contributed by atoms with Gasteiger partial charge in [0.15, 0.2) is 5.82 Å². The normalized spacial score (nSPS) is 10.8. The van der Waals surface area contributed by atoms with Crippen molar-refractivity contribution >= 4 is 0 Å². The molecule has 2 aromatic rings. The van der Waals surface area contributed by atoms with Gasteiger partial charge in [0.25, 0.3) is 0 Å². The molecule has 0 amide bonds. The van der Waals surface area contributed by atoms with Crippen LogP contribution in [0.15, 0.2) is 12.3 Å². The van der Waals surface area contributed by atoms with Crippen LogP contribution in [0.25, 0.3) is 0 Å². The van der Waals surface area contributed by atoms with Gasteiger partial charge in [-0.15, -0.1) is 10.2 Å². The molecule has 2 heterocycles. The molecule has 0 aromatic carbocycles. The third kappa shape index (κ3) is 2.38. The van der Waals surface area contributed by atoms with Crippen LogP contribution in [0.1, 0.15) is 11.5 Å². The maximum absolute atomic E-state index is 4.08. The van der Waals surface area contributed by atoms with E-state index in [1.54, 1.807) is 13.2 Å². The van der Waals surface area contributed by atoms with Gasteiger partial charge >= 0.3 is 0 Å². The lowest BCUT2D eigenvalue weighted by molar-refractivity contribution is 0.602. The summed E-state index contributed by atoms with van der Waals surface area (Å²) in [6, 6.07) is 1.97. The van der Waals surface area contributed by atoms with Gasteiger partial charge in [-0.1, -0.05) is 0 Å². The molecule has 0 unspecified atom stereocenters. The summed E-state index contributed by atoms with van der Waals surface area (Å²) in [5.74, 6) is 0.694. The van der Waals surface area contributed by atoms with Crippen molar-refractivity contribution in [2.24, 2.45) is 14.1 Å². The molecule has 0 saturated carbocycles. The molecule has 7 heteroatoms. The van der Waals surface area contributed by atoms with Crippen molar-refractivity contribution in [3.05, 3.63) is 23.8 Å². The Hall–Kier alpha value is -1.76. The van der Waals surface area contributed by atoms with E-state index in [-0.39, 0.29) is 0 Å². The second-order valence-electron chi connectivity index (χ2n) is 3.24. The lowest BCUT2D eigenvalue weighted by Crippen LogP contribution is -2.16. The molecule has 0 radical (unpaired) electrons. The van der Waals surface area contributed by atoms with E-state index in [0.717, 1.165) is 12.2 Å². The van der Waals surface area contributed by atoms with E-state index >= 15 is 0 Å². The summed E-state index contributed by atoms with van der Waals surface area (Å²) in [6.07, 6.45) is 1.78. The number of aryl methyl sites for hydroxylation is 2. The molecule has 1 N–H and O–H groups in total. The number of rotatable bonds is 4. The fourth-order valence-electron chi connectivity index (χ4n) is 1.27. The zero-order valence-corrected chi connectivity index (χ0v) is 8.75. The second-order valence-corrected chi connectivity index (χ2v) is 3.24. The summed E-state index contributed by atoms with van der Waals surface area (Å²) < 4.78 is 1.83. The average Bonchev–Trinajstić information content (AvgIpc) is 2.77. The Bertz CT molecular complexity index is 430. The highest BCUT2D eigenvalue weighted by Crippen LogP contribution is 1.95. The zero-order valence-electron chi connectivity index (χ0n) is 8.75. The molecule has 0 aliphatic rings. The topological polar surface area (TPSA) is 73.5 Å². The molecule has 0 saturated heterocycles. The zero-order chi connectivity index (χ0) is 10.7. The van der Waals surface area contributed by atoms with Gasteiger partial charge in [0, 0.05) is 19.8 Å². The van der Waals surface area contributed by atoms with Crippen LogP contribution >= 0.6 is 0 Å². The molecule has 0 atom stereocenters. The first-order valence-corrected chi connectivity index (χ1v) is 4.66. The minimum atomic E-state index is 0.610. The Labute approximate surface area is 87.1 Å². The van der Waals surface area contributed by atoms with E-state index < -0.39 is 0 Å². The molecule has 0 bridgehead atoms. The van der Waals surface area contributed by atoms with Crippen LogP contribution in [0.4, 0.5) is 0 Å². The Morgan fingerprint density at radius 3 is 2.80 bits per heavy atom. The van der Waals surface area contributed by atoms with Gasteiger partial charge in [0.1, 0.15) is 0 Å². The fourth-order valence-corrected chi connectivity index (χ4v) is 1.27. The van der Waals surface area contributed by atoms with Crippen molar-refractivity contribution in [2.75, 3.05) is 0 Å². The third-order valence-corrected chi connectivity index (χ3v) is 2.06. The Morgan fingerprint density at radius 2 is 2.20 bits per heavy atom. The van der Waals surface area contributed by atoms with Crippen molar-refractivity contribution in [2.45, 2.75) is 13.1 Å². The Balaban J connectivity index is 1.83. The minimum absolute atomic E-state index is 0.610. The van der Waals surface area contributed by atoms with Crippen molar-refractivity contribution in [3.63, 3.8) is 0 Å². The summed E-state index contributed by atoms with van der Waals surface area (Å²) in [6.45, 7) is 1.35. The molecule has 80 valence electrons. The molecule has 15 heavy (non-hydrogen) atoms. The predicted molar refractivity (Wildman–Crippen MR) is 52.5 cm³/mol. The van der Waals surface area contributed by atoms with Gasteiger partial charge < -0.3 is 5.32 Å². The van der Waals surface area contributed by atoms with Gasteiger partial charge in [-0.3, -0.25) is 4.68 Å². The molecule has 2 aromatic heterocycles. The molecule has 2 rings (SSSR count). The highest BCUT2D eigenvalue weighted by Gasteiger charge is 2.01. The van der Waals surface area contributed by atoms with E-state index in [2.05, 4.69) is 25.8 Å². The number of aromatic nitrogens is 6. The highest BCUT2D eigenvalue weighted by atomic mass is 15.6. The molecular weight excluding hydrogens is 194 g/mol. The summed E-state index contributed by atoms with van der Waals surface area (Å²) in [5, 5.41) is 19.0. The largest absolute Gasteiger partial charge is 0.304 e. The fraction of sp³-hybridized carbons (Fsp3) is 0.500. The Morgan fingerprint density at radius 1 is 1.33 bits per heavy atom. The molecule has 0 fully saturated rings. The lowest BCUT2D eigenvalue weighted by atomic mass is 10.4. The number of tetrazole rings is 1. The number of hydrogen-bond donors (Lipinski definition) is 1. The Kier molecular flexibility index (Phi) is 2.72. The van der Waals surface area contributed by atoms with Crippen LogP contribution < -0.4 is 5.32 Å². The van der Waals surface area contributed by atoms with Crippen molar-refractivity contribution < 1.29 is 0 Å². The predicted octanol–water partition coefficient (Wildman–Crippen LogP) is -0.767. The maximum atomic E-state index is 4.08. The summed E-state index contributed by atoms with van der Waals surface area (Å²) >= 11 is 0. The van der Waals surface area contributed by atoms with Gasteiger partial charge in [0.05, 0.1) is 19.3 Å². The number of nitrogens with one attached hydrogen (secondary N) is 1. The third-order valence-electron chi connectivity index (χ3n) is 2.06. The van der Waals surface area contributed by atoms with Crippen molar-refractivity contribution in [1.82, 2.24) is 35.3 Å². The van der Waals surface area contributed by atoms with Crippen LogP contribution in [0.5, 0.6) is 0 Å². The van der Waals surface area contributed by atoms with Crippen LogP contribution in [0, 0.1) is 0 Å².